The second-order valence-electron chi connectivity index (χ2n) is 6.26. The Morgan fingerprint density at radius 2 is 1.58 bits per heavy atom. The monoisotopic (exact) mass is 362 g/mol. The van der Waals surface area contributed by atoms with Crippen LogP contribution < -0.4 is 0 Å². The summed E-state index contributed by atoms with van der Waals surface area (Å²) in [6.45, 7) is -0.410. The Morgan fingerprint density at radius 3 is 2.27 bits per heavy atom. The second-order valence-corrected chi connectivity index (χ2v) is 6.26. The lowest BCUT2D eigenvalue weighted by molar-refractivity contribution is -0.304. The lowest BCUT2D eigenvalue weighted by Gasteiger charge is -2.39. The summed E-state index contributed by atoms with van der Waals surface area (Å²) in [7, 11) is 0. The van der Waals surface area contributed by atoms with Crippen molar-refractivity contribution in [2.75, 3.05) is 6.61 Å². The molecule has 5 unspecified atom stereocenters. The van der Waals surface area contributed by atoms with Crippen LogP contribution in [0.3, 0.4) is 0 Å². The highest BCUT2D eigenvalue weighted by atomic mass is 16.7. The van der Waals surface area contributed by atoms with E-state index in [1.807, 2.05) is 30.3 Å². The van der Waals surface area contributed by atoms with Gasteiger partial charge in [-0.1, -0.05) is 30.3 Å². The van der Waals surface area contributed by atoms with E-state index in [-0.39, 0.29) is 12.4 Å². The number of aliphatic hydroxyl groups excluding tert-OH is 4. The summed E-state index contributed by atoms with van der Waals surface area (Å²) in [4.78, 5) is 0. The van der Waals surface area contributed by atoms with Crippen molar-refractivity contribution in [3.05, 3.63) is 54.1 Å². The maximum Gasteiger partial charge on any atom is 0.187 e. The number of rotatable bonds is 5. The summed E-state index contributed by atoms with van der Waals surface area (Å²) in [5.41, 5.74) is 2.53. The molecule has 3 rings (SSSR count). The first-order valence-corrected chi connectivity index (χ1v) is 8.30. The average molecular weight is 362 g/mol. The molecule has 7 heteroatoms. The van der Waals surface area contributed by atoms with E-state index >= 15 is 0 Å². The fraction of sp³-hybridized carbons (Fsp3) is 0.368. The Kier molecular flexibility index (Phi) is 5.87. The van der Waals surface area contributed by atoms with Gasteiger partial charge in [-0.15, -0.1) is 0 Å². The molecule has 5 N–H and O–H groups in total. The van der Waals surface area contributed by atoms with Crippen LogP contribution in [0.4, 0.5) is 0 Å². The van der Waals surface area contributed by atoms with Crippen molar-refractivity contribution in [3.63, 3.8) is 0 Å². The van der Waals surface area contributed by atoms with Crippen LogP contribution in [0.2, 0.25) is 0 Å². The van der Waals surface area contributed by atoms with Crippen LogP contribution in [0.15, 0.2) is 48.5 Å². The van der Waals surface area contributed by atoms with E-state index in [9.17, 15) is 25.5 Å². The second kappa shape index (κ2) is 8.13. The van der Waals surface area contributed by atoms with Gasteiger partial charge in [0.05, 0.1) is 13.2 Å². The molecule has 0 saturated carbocycles. The van der Waals surface area contributed by atoms with Crippen molar-refractivity contribution in [3.8, 4) is 16.9 Å². The van der Waals surface area contributed by atoms with E-state index in [2.05, 4.69) is 0 Å². The maximum atomic E-state index is 9.99. The third-order valence-corrected chi connectivity index (χ3v) is 4.37. The molecule has 7 nitrogen and oxygen atoms in total. The molecule has 0 aromatic heterocycles. The molecule has 0 bridgehead atoms. The van der Waals surface area contributed by atoms with Gasteiger partial charge in [-0.25, -0.2) is 0 Å². The summed E-state index contributed by atoms with van der Waals surface area (Å²) >= 11 is 0. The highest BCUT2D eigenvalue weighted by Crippen LogP contribution is 2.26. The van der Waals surface area contributed by atoms with Gasteiger partial charge in [0.15, 0.2) is 6.29 Å². The van der Waals surface area contributed by atoms with Gasteiger partial charge in [-0.2, -0.15) is 0 Å². The minimum absolute atomic E-state index is 0.0926. The summed E-state index contributed by atoms with van der Waals surface area (Å²) < 4.78 is 10.9. The van der Waals surface area contributed by atoms with Crippen molar-refractivity contribution >= 4 is 0 Å². The molecule has 1 heterocycles. The van der Waals surface area contributed by atoms with Gasteiger partial charge in [0.1, 0.15) is 30.2 Å². The van der Waals surface area contributed by atoms with Crippen LogP contribution in [0.1, 0.15) is 5.56 Å². The molecule has 0 spiro atoms. The number of aliphatic hydroxyl groups is 4. The standard InChI is InChI=1S/C19H22O7/c20-9-15-16(22)17(23)18(24)19(26-15)25-10-11-3-1-4-12(7-11)13-5-2-6-14(21)8-13/h1-8,15-24H,9-10H2. The van der Waals surface area contributed by atoms with Crippen LogP contribution in [-0.2, 0) is 16.1 Å². The lowest BCUT2D eigenvalue weighted by atomic mass is 9.99. The summed E-state index contributed by atoms with van der Waals surface area (Å²) in [6, 6.07) is 14.3. The zero-order valence-electron chi connectivity index (χ0n) is 14.0. The quantitative estimate of drug-likeness (QED) is 0.521. The van der Waals surface area contributed by atoms with Gasteiger partial charge in [0, 0.05) is 0 Å². The predicted octanol–water partition coefficient (Wildman–Crippen LogP) is 0.376. The van der Waals surface area contributed by atoms with Crippen molar-refractivity contribution < 1.29 is 35.0 Å². The van der Waals surface area contributed by atoms with E-state index in [4.69, 9.17) is 9.47 Å². The first-order valence-electron chi connectivity index (χ1n) is 8.30. The number of phenols is 1. The number of aromatic hydroxyl groups is 1. The molecule has 2 aromatic carbocycles. The van der Waals surface area contributed by atoms with Crippen LogP contribution in [0.25, 0.3) is 11.1 Å². The summed E-state index contributed by atoms with van der Waals surface area (Å²) in [5, 5.41) is 48.4. The topological polar surface area (TPSA) is 120 Å². The van der Waals surface area contributed by atoms with Crippen molar-refractivity contribution in [2.24, 2.45) is 0 Å². The summed E-state index contributed by atoms with van der Waals surface area (Å²) in [5.74, 6) is 0.172. The van der Waals surface area contributed by atoms with Crippen LogP contribution in [0.5, 0.6) is 5.75 Å². The number of phenolic OH excluding ortho intramolecular Hbond substituents is 1. The van der Waals surface area contributed by atoms with E-state index in [1.165, 1.54) is 0 Å². The molecule has 140 valence electrons. The average Bonchev–Trinajstić information content (AvgIpc) is 2.66. The van der Waals surface area contributed by atoms with E-state index < -0.39 is 37.3 Å². The number of hydrogen-bond donors (Lipinski definition) is 5. The smallest absolute Gasteiger partial charge is 0.187 e. The third kappa shape index (κ3) is 4.04. The molecule has 2 aromatic rings. The first kappa shape index (κ1) is 18.8. The fourth-order valence-electron chi connectivity index (χ4n) is 2.91. The minimum atomic E-state index is -1.47. The molecular weight excluding hydrogens is 340 g/mol. The van der Waals surface area contributed by atoms with E-state index in [0.29, 0.717) is 0 Å². The van der Waals surface area contributed by atoms with Crippen LogP contribution >= 0.6 is 0 Å². The Morgan fingerprint density at radius 1 is 0.885 bits per heavy atom. The lowest BCUT2D eigenvalue weighted by Crippen LogP contribution is -2.59. The molecule has 0 amide bonds. The highest BCUT2D eigenvalue weighted by molar-refractivity contribution is 5.65. The molecular formula is C19H22O7. The molecule has 0 aliphatic carbocycles. The van der Waals surface area contributed by atoms with E-state index in [1.54, 1.807) is 18.2 Å². The third-order valence-electron chi connectivity index (χ3n) is 4.37. The minimum Gasteiger partial charge on any atom is -0.508 e. The van der Waals surface area contributed by atoms with Crippen LogP contribution in [0, 0.1) is 0 Å². The molecule has 1 fully saturated rings. The number of benzene rings is 2. The molecule has 1 saturated heterocycles. The largest absolute Gasteiger partial charge is 0.508 e. The van der Waals surface area contributed by atoms with Gasteiger partial charge in [-0.3, -0.25) is 0 Å². The number of ether oxygens (including phenoxy) is 2. The SMILES string of the molecule is OCC1OC(OCc2cccc(-c3cccc(O)c3)c2)C(O)C(O)C1O. The predicted molar refractivity (Wildman–Crippen MR) is 92.1 cm³/mol. The zero-order chi connectivity index (χ0) is 18.7. The maximum absolute atomic E-state index is 9.99. The Hall–Kier alpha value is -2.00. The van der Waals surface area contributed by atoms with Gasteiger partial charge in [-0.05, 0) is 34.9 Å². The van der Waals surface area contributed by atoms with Crippen molar-refractivity contribution in [2.45, 2.75) is 37.3 Å². The van der Waals surface area contributed by atoms with Gasteiger partial charge >= 0.3 is 0 Å². The Labute approximate surface area is 150 Å². The van der Waals surface area contributed by atoms with Crippen molar-refractivity contribution in [1.82, 2.24) is 0 Å². The number of hydrogen-bond acceptors (Lipinski definition) is 7. The normalized spacial score (nSPS) is 28.8. The molecule has 26 heavy (non-hydrogen) atoms. The molecule has 1 aliphatic heterocycles. The van der Waals surface area contributed by atoms with Gasteiger partial charge in [0.25, 0.3) is 0 Å². The van der Waals surface area contributed by atoms with E-state index in [0.717, 1.165) is 16.7 Å². The first-order chi connectivity index (χ1) is 12.5. The highest BCUT2D eigenvalue weighted by Gasteiger charge is 2.43. The molecule has 1 aliphatic rings. The Bertz CT molecular complexity index is 733. The fourth-order valence-corrected chi connectivity index (χ4v) is 2.91. The molecule has 5 atom stereocenters. The summed E-state index contributed by atoms with van der Waals surface area (Å²) in [6.07, 6.45) is -6.48. The zero-order valence-corrected chi connectivity index (χ0v) is 14.0. The van der Waals surface area contributed by atoms with Crippen molar-refractivity contribution in [1.29, 1.82) is 0 Å². The van der Waals surface area contributed by atoms with Crippen LogP contribution in [-0.4, -0.2) is 62.8 Å². The van der Waals surface area contributed by atoms with Gasteiger partial charge in [0.2, 0.25) is 0 Å². The van der Waals surface area contributed by atoms with Gasteiger partial charge < -0.3 is 35.0 Å². The molecule has 0 radical (unpaired) electrons. The Balaban J connectivity index is 1.69.